The van der Waals surface area contributed by atoms with Gasteiger partial charge in [-0.15, -0.1) is 0 Å². The smallest absolute Gasteiger partial charge is 0.333 e. The third kappa shape index (κ3) is 4.90. The number of thioether (sulfide) groups is 1. The predicted molar refractivity (Wildman–Crippen MR) is 98.7 cm³/mol. The van der Waals surface area contributed by atoms with Crippen LogP contribution in [0.2, 0.25) is 10.0 Å². The van der Waals surface area contributed by atoms with Crippen LogP contribution in [0, 0.1) is 6.92 Å². The third-order valence-corrected chi connectivity index (χ3v) is 5.12. The van der Waals surface area contributed by atoms with Crippen LogP contribution in [0.5, 0.6) is 0 Å². The molecule has 0 saturated carbocycles. The minimum atomic E-state index is -0.560. The molecular formula is C16H16Cl2N2O4S. The van der Waals surface area contributed by atoms with Crippen LogP contribution in [-0.4, -0.2) is 41.6 Å². The highest BCUT2D eigenvalue weighted by Gasteiger charge is 2.29. The van der Waals surface area contributed by atoms with Gasteiger partial charge >= 0.3 is 5.97 Å². The van der Waals surface area contributed by atoms with Gasteiger partial charge in [-0.2, -0.15) is 0 Å². The summed E-state index contributed by atoms with van der Waals surface area (Å²) in [5.74, 6) is -1.14. The molecular weight excluding hydrogens is 387 g/mol. The van der Waals surface area contributed by atoms with E-state index in [4.69, 9.17) is 27.9 Å². The number of carbonyl (C=O) groups is 3. The monoisotopic (exact) mass is 402 g/mol. The van der Waals surface area contributed by atoms with Crippen molar-refractivity contribution in [2.75, 3.05) is 24.2 Å². The number of aryl methyl sites for hydroxylation is 1. The SMILES string of the molecule is CCOC(=O)/C=C1\SCC(=O)N1CC(=O)Nc1c(Cl)ccc(C)c1Cl. The molecule has 1 aromatic carbocycles. The van der Waals surface area contributed by atoms with E-state index in [1.165, 1.54) is 22.7 Å². The molecule has 1 N–H and O–H groups in total. The van der Waals surface area contributed by atoms with Crippen molar-refractivity contribution >= 4 is 58.4 Å². The highest BCUT2D eigenvalue weighted by molar-refractivity contribution is 8.04. The molecule has 2 amide bonds. The van der Waals surface area contributed by atoms with Crippen molar-refractivity contribution in [3.63, 3.8) is 0 Å². The summed E-state index contributed by atoms with van der Waals surface area (Å²) < 4.78 is 4.83. The molecule has 1 aliphatic heterocycles. The van der Waals surface area contributed by atoms with Gasteiger partial charge in [0.2, 0.25) is 11.8 Å². The van der Waals surface area contributed by atoms with E-state index in [1.54, 1.807) is 26.0 Å². The van der Waals surface area contributed by atoms with Crippen molar-refractivity contribution in [3.8, 4) is 0 Å². The first-order valence-electron chi connectivity index (χ1n) is 7.39. The van der Waals surface area contributed by atoms with Crippen LogP contribution in [0.4, 0.5) is 5.69 Å². The van der Waals surface area contributed by atoms with Gasteiger partial charge in [-0.3, -0.25) is 14.5 Å². The van der Waals surface area contributed by atoms with Crippen molar-refractivity contribution < 1.29 is 19.1 Å². The summed E-state index contributed by atoms with van der Waals surface area (Å²) in [5, 5.41) is 3.63. The third-order valence-electron chi connectivity index (χ3n) is 3.29. The van der Waals surface area contributed by atoms with Crippen LogP contribution in [0.1, 0.15) is 12.5 Å². The topological polar surface area (TPSA) is 75.7 Å². The number of rotatable bonds is 5. The van der Waals surface area contributed by atoms with Crippen LogP contribution >= 0.6 is 35.0 Å². The Morgan fingerprint density at radius 1 is 1.40 bits per heavy atom. The number of hydrogen-bond donors (Lipinski definition) is 1. The summed E-state index contributed by atoms with van der Waals surface area (Å²) >= 11 is 13.4. The van der Waals surface area contributed by atoms with Gasteiger partial charge in [0.15, 0.2) is 0 Å². The van der Waals surface area contributed by atoms with Crippen molar-refractivity contribution in [2.45, 2.75) is 13.8 Å². The number of ether oxygens (including phenoxy) is 1. The lowest BCUT2D eigenvalue weighted by atomic mass is 10.2. The molecule has 6 nitrogen and oxygen atoms in total. The fraction of sp³-hybridized carbons (Fsp3) is 0.312. The standard InChI is InChI=1S/C16H16Cl2N2O4S/c1-3-24-14(23)6-13-20(12(22)8-25-13)7-11(21)19-16-10(17)5-4-9(2)15(16)18/h4-6H,3,7-8H2,1-2H3,(H,19,21)/b13-6-. The Morgan fingerprint density at radius 3 is 2.80 bits per heavy atom. The number of esters is 1. The summed E-state index contributed by atoms with van der Waals surface area (Å²) in [4.78, 5) is 37.1. The molecule has 25 heavy (non-hydrogen) atoms. The van der Waals surface area contributed by atoms with Crippen LogP contribution < -0.4 is 5.32 Å². The van der Waals surface area contributed by atoms with Gasteiger partial charge in [0.05, 0.1) is 39.2 Å². The van der Waals surface area contributed by atoms with Crippen LogP contribution in [0.15, 0.2) is 23.2 Å². The largest absolute Gasteiger partial charge is 0.463 e. The zero-order valence-electron chi connectivity index (χ0n) is 13.6. The van der Waals surface area contributed by atoms with Gasteiger partial charge in [0, 0.05) is 0 Å². The molecule has 1 aromatic rings. The Bertz CT molecular complexity index is 752. The molecule has 1 aliphatic rings. The lowest BCUT2D eigenvalue weighted by molar-refractivity contribution is -0.137. The van der Waals surface area contributed by atoms with E-state index < -0.39 is 11.9 Å². The molecule has 0 bridgehead atoms. The van der Waals surface area contributed by atoms with E-state index >= 15 is 0 Å². The van der Waals surface area contributed by atoms with Gasteiger partial charge in [-0.25, -0.2) is 4.79 Å². The number of amides is 2. The van der Waals surface area contributed by atoms with E-state index in [0.717, 1.165) is 5.56 Å². The fourth-order valence-corrected chi connectivity index (χ4v) is 3.47. The molecule has 2 rings (SSSR count). The van der Waals surface area contributed by atoms with Gasteiger partial charge in [0.1, 0.15) is 6.54 Å². The molecule has 0 radical (unpaired) electrons. The Morgan fingerprint density at radius 2 is 2.12 bits per heavy atom. The lowest BCUT2D eigenvalue weighted by Gasteiger charge is -2.17. The molecule has 1 saturated heterocycles. The zero-order valence-corrected chi connectivity index (χ0v) is 15.9. The normalized spacial score (nSPS) is 15.6. The number of anilines is 1. The number of halogens is 2. The maximum absolute atomic E-state index is 12.3. The Labute approximate surface area is 159 Å². The van der Waals surface area contributed by atoms with Crippen molar-refractivity contribution in [3.05, 3.63) is 38.8 Å². The first kappa shape index (κ1) is 19.6. The summed E-state index contributed by atoms with van der Waals surface area (Å²) in [7, 11) is 0. The van der Waals surface area contributed by atoms with Gasteiger partial charge in [0.25, 0.3) is 0 Å². The Kier molecular flexibility index (Phi) is 6.75. The van der Waals surface area contributed by atoms with Crippen molar-refractivity contribution in [1.29, 1.82) is 0 Å². The summed E-state index contributed by atoms with van der Waals surface area (Å²) in [6.07, 6.45) is 1.21. The second-order valence-electron chi connectivity index (χ2n) is 5.10. The predicted octanol–water partition coefficient (Wildman–Crippen LogP) is 3.22. The summed E-state index contributed by atoms with van der Waals surface area (Å²) in [6, 6.07) is 3.36. The number of carbonyl (C=O) groups excluding carboxylic acids is 3. The number of benzene rings is 1. The molecule has 1 heterocycles. The Hall–Kier alpha value is -1.70. The minimum Gasteiger partial charge on any atom is -0.463 e. The zero-order chi connectivity index (χ0) is 18.6. The van der Waals surface area contributed by atoms with E-state index in [0.29, 0.717) is 20.8 Å². The summed E-state index contributed by atoms with van der Waals surface area (Å²) in [6.45, 7) is 3.45. The van der Waals surface area contributed by atoms with E-state index in [1.807, 2.05) is 0 Å². The van der Waals surface area contributed by atoms with Crippen LogP contribution in [0.3, 0.4) is 0 Å². The highest BCUT2D eigenvalue weighted by Crippen LogP contribution is 2.33. The Balaban J connectivity index is 2.12. The molecule has 0 unspecified atom stereocenters. The van der Waals surface area contributed by atoms with E-state index in [2.05, 4.69) is 5.32 Å². The number of hydrogen-bond acceptors (Lipinski definition) is 5. The lowest BCUT2D eigenvalue weighted by Crippen LogP contribution is -2.34. The molecule has 9 heteroatoms. The van der Waals surface area contributed by atoms with Crippen molar-refractivity contribution in [2.24, 2.45) is 0 Å². The second kappa shape index (κ2) is 8.60. The maximum Gasteiger partial charge on any atom is 0.333 e. The van der Waals surface area contributed by atoms with Gasteiger partial charge < -0.3 is 10.1 Å². The van der Waals surface area contributed by atoms with Gasteiger partial charge in [-0.1, -0.05) is 41.0 Å². The van der Waals surface area contributed by atoms with E-state index in [-0.39, 0.29) is 24.8 Å². The second-order valence-corrected chi connectivity index (χ2v) is 6.89. The van der Waals surface area contributed by atoms with Crippen LogP contribution in [-0.2, 0) is 19.1 Å². The average molecular weight is 403 g/mol. The van der Waals surface area contributed by atoms with E-state index in [9.17, 15) is 14.4 Å². The molecule has 1 fully saturated rings. The first-order valence-corrected chi connectivity index (χ1v) is 9.13. The van der Waals surface area contributed by atoms with Crippen molar-refractivity contribution in [1.82, 2.24) is 4.90 Å². The minimum absolute atomic E-state index is 0.157. The molecule has 134 valence electrons. The first-order chi connectivity index (χ1) is 11.8. The molecule has 0 atom stereocenters. The van der Waals surface area contributed by atoms with Crippen LogP contribution in [0.25, 0.3) is 0 Å². The average Bonchev–Trinajstić information content (AvgIpc) is 2.88. The molecule has 0 aliphatic carbocycles. The fourth-order valence-electron chi connectivity index (χ4n) is 2.08. The van der Waals surface area contributed by atoms with Gasteiger partial charge in [-0.05, 0) is 25.5 Å². The number of nitrogens with one attached hydrogen (secondary N) is 1. The molecule has 0 aromatic heterocycles. The highest BCUT2D eigenvalue weighted by atomic mass is 35.5. The molecule has 0 spiro atoms. The number of nitrogens with zero attached hydrogens (tertiary/aromatic N) is 1. The quantitative estimate of drug-likeness (QED) is 0.604. The maximum atomic E-state index is 12.3. The summed E-state index contributed by atoms with van der Waals surface area (Å²) in [5.41, 5.74) is 1.06.